The van der Waals surface area contributed by atoms with Gasteiger partial charge in [-0.05, 0) is 36.7 Å². The number of fused-ring (bicyclic) bond motifs is 1. The summed E-state index contributed by atoms with van der Waals surface area (Å²) in [5.74, 6) is 0.882. The minimum absolute atomic E-state index is 0.0400. The number of rotatable bonds is 7. The van der Waals surface area contributed by atoms with Gasteiger partial charge in [-0.25, -0.2) is 0 Å². The number of amides is 1. The first-order valence-corrected chi connectivity index (χ1v) is 8.38. The van der Waals surface area contributed by atoms with Gasteiger partial charge in [0.15, 0.2) is 6.61 Å². The third-order valence-corrected chi connectivity index (χ3v) is 4.17. The molecule has 2 aromatic carbocycles. The molecule has 0 spiro atoms. The Bertz CT molecular complexity index is 776. The van der Waals surface area contributed by atoms with Gasteiger partial charge in [-0.15, -0.1) is 0 Å². The van der Waals surface area contributed by atoms with Crippen LogP contribution in [0, 0.1) is 0 Å². The average Bonchev–Trinajstić information content (AvgIpc) is 2.64. The molecule has 1 unspecified atom stereocenters. The smallest absolute Gasteiger partial charge is 0.262 e. The molecule has 7 heteroatoms. The van der Waals surface area contributed by atoms with E-state index in [0.29, 0.717) is 30.1 Å². The number of hydrogen-bond donors (Lipinski definition) is 4. The van der Waals surface area contributed by atoms with Crippen LogP contribution in [0.25, 0.3) is 0 Å². The number of phenolic OH excluding ortho intramolecular Hbond substituents is 1. The van der Waals surface area contributed by atoms with Crippen molar-refractivity contribution < 1.29 is 24.5 Å². The second-order valence-electron chi connectivity index (χ2n) is 6.07. The molecule has 1 aliphatic heterocycles. The summed E-state index contributed by atoms with van der Waals surface area (Å²) >= 11 is 0. The van der Waals surface area contributed by atoms with Gasteiger partial charge in [-0.3, -0.25) is 4.79 Å². The largest absolute Gasteiger partial charge is 0.508 e. The second-order valence-corrected chi connectivity index (χ2v) is 6.07. The maximum atomic E-state index is 11.4. The highest BCUT2D eigenvalue weighted by Crippen LogP contribution is 2.38. The molecule has 1 aliphatic rings. The van der Waals surface area contributed by atoms with Crippen LogP contribution >= 0.6 is 0 Å². The van der Waals surface area contributed by atoms with Crippen LogP contribution in [-0.4, -0.2) is 42.9 Å². The Balaban J connectivity index is 1.56. The van der Waals surface area contributed by atoms with Crippen molar-refractivity contribution in [1.29, 1.82) is 0 Å². The SMILES string of the molecule is COc1ccc(CCNCC(O)c2cc(O)cc3c2OCC(=O)N3)cc1. The number of phenols is 1. The molecule has 0 radical (unpaired) electrons. The fourth-order valence-corrected chi connectivity index (χ4v) is 2.83. The zero-order valence-electron chi connectivity index (χ0n) is 14.5. The minimum atomic E-state index is -0.873. The number of aromatic hydroxyl groups is 1. The summed E-state index contributed by atoms with van der Waals surface area (Å²) in [4.78, 5) is 11.4. The number of hydrogen-bond acceptors (Lipinski definition) is 6. The van der Waals surface area contributed by atoms with Gasteiger partial charge in [0.25, 0.3) is 5.91 Å². The molecule has 7 nitrogen and oxygen atoms in total. The van der Waals surface area contributed by atoms with Gasteiger partial charge in [-0.2, -0.15) is 0 Å². The Labute approximate surface area is 151 Å². The van der Waals surface area contributed by atoms with Gasteiger partial charge in [0.2, 0.25) is 0 Å². The molecule has 138 valence electrons. The number of carbonyl (C=O) groups excluding carboxylic acids is 1. The van der Waals surface area contributed by atoms with E-state index in [0.717, 1.165) is 17.7 Å². The van der Waals surface area contributed by atoms with Crippen molar-refractivity contribution in [2.45, 2.75) is 12.5 Å². The number of methoxy groups -OCH3 is 1. The summed E-state index contributed by atoms with van der Waals surface area (Å²) in [6.07, 6.45) is -0.0664. The van der Waals surface area contributed by atoms with Crippen LogP contribution in [0.4, 0.5) is 5.69 Å². The lowest BCUT2D eigenvalue weighted by atomic mass is 10.0. The van der Waals surface area contributed by atoms with Crippen LogP contribution < -0.4 is 20.1 Å². The molecule has 2 aromatic rings. The molecule has 1 heterocycles. The van der Waals surface area contributed by atoms with Gasteiger partial charge in [-0.1, -0.05) is 12.1 Å². The molecule has 0 aromatic heterocycles. The standard InChI is InChI=1S/C19H22N2O5/c1-25-14-4-2-12(3-5-14)6-7-20-10-17(23)15-8-13(22)9-16-19(15)26-11-18(24)21-16/h2-5,8-9,17,20,22-23H,6-7,10-11H2,1H3,(H,21,24). The van der Waals surface area contributed by atoms with Crippen molar-refractivity contribution in [2.24, 2.45) is 0 Å². The molecule has 26 heavy (non-hydrogen) atoms. The first-order chi connectivity index (χ1) is 12.6. The highest BCUT2D eigenvalue weighted by Gasteiger charge is 2.24. The van der Waals surface area contributed by atoms with Gasteiger partial charge in [0.1, 0.15) is 17.2 Å². The molecule has 1 amide bonds. The number of aliphatic hydroxyl groups excluding tert-OH is 1. The highest BCUT2D eigenvalue weighted by atomic mass is 16.5. The summed E-state index contributed by atoms with van der Waals surface area (Å²) < 4.78 is 10.5. The van der Waals surface area contributed by atoms with Crippen LogP contribution in [0.1, 0.15) is 17.2 Å². The maximum absolute atomic E-state index is 11.4. The number of carbonyl (C=O) groups is 1. The summed E-state index contributed by atoms with van der Waals surface area (Å²) in [5, 5.41) is 26.1. The monoisotopic (exact) mass is 358 g/mol. The summed E-state index contributed by atoms with van der Waals surface area (Å²) in [7, 11) is 1.63. The fourth-order valence-electron chi connectivity index (χ4n) is 2.83. The third kappa shape index (κ3) is 4.25. The molecule has 0 saturated heterocycles. The summed E-state index contributed by atoms with van der Waals surface area (Å²) in [6, 6.07) is 10.7. The normalized spacial score (nSPS) is 14.2. The van der Waals surface area contributed by atoms with Crippen LogP contribution in [0.15, 0.2) is 36.4 Å². The predicted octanol–water partition coefficient (Wildman–Crippen LogP) is 1.60. The van der Waals surface area contributed by atoms with E-state index in [9.17, 15) is 15.0 Å². The Kier molecular flexibility index (Phi) is 5.60. The van der Waals surface area contributed by atoms with Crippen molar-refractivity contribution >= 4 is 11.6 Å². The van der Waals surface area contributed by atoms with Gasteiger partial charge in [0.05, 0.1) is 18.9 Å². The van der Waals surface area contributed by atoms with Crippen molar-refractivity contribution in [3.63, 3.8) is 0 Å². The first kappa shape index (κ1) is 18.0. The van der Waals surface area contributed by atoms with Gasteiger partial charge >= 0.3 is 0 Å². The van der Waals surface area contributed by atoms with Crippen LogP contribution in [0.5, 0.6) is 17.2 Å². The molecule has 1 atom stereocenters. The summed E-state index contributed by atoms with van der Waals surface area (Å²) in [5.41, 5.74) is 1.97. The Morgan fingerprint density at radius 1 is 1.31 bits per heavy atom. The van der Waals surface area contributed by atoms with Crippen molar-refractivity contribution in [1.82, 2.24) is 5.32 Å². The molecule has 4 N–H and O–H groups in total. The zero-order valence-corrected chi connectivity index (χ0v) is 14.5. The maximum Gasteiger partial charge on any atom is 0.262 e. The van der Waals surface area contributed by atoms with Crippen molar-refractivity contribution in [3.8, 4) is 17.2 Å². The van der Waals surface area contributed by atoms with E-state index in [1.165, 1.54) is 12.1 Å². The lowest BCUT2D eigenvalue weighted by molar-refractivity contribution is -0.118. The van der Waals surface area contributed by atoms with E-state index in [1.54, 1.807) is 7.11 Å². The number of aliphatic hydroxyl groups is 1. The molecular weight excluding hydrogens is 336 g/mol. The minimum Gasteiger partial charge on any atom is -0.508 e. The van der Waals surface area contributed by atoms with Crippen LogP contribution in [0.2, 0.25) is 0 Å². The molecule has 0 bridgehead atoms. The van der Waals surface area contributed by atoms with E-state index in [4.69, 9.17) is 9.47 Å². The van der Waals surface area contributed by atoms with E-state index in [2.05, 4.69) is 10.6 Å². The van der Waals surface area contributed by atoms with Crippen LogP contribution in [0.3, 0.4) is 0 Å². The van der Waals surface area contributed by atoms with Crippen molar-refractivity contribution in [2.75, 3.05) is 32.1 Å². The highest BCUT2D eigenvalue weighted by molar-refractivity contribution is 5.96. The second kappa shape index (κ2) is 8.07. The Morgan fingerprint density at radius 3 is 2.81 bits per heavy atom. The van der Waals surface area contributed by atoms with E-state index < -0.39 is 6.10 Å². The summed E-state index contributed by atoms with van der Waals surface area (Å²) in [6.45, 7) is 0.869. The van der Waals surface area contributed by atoms with E-state index >= 15 is 0 Å². The molecule has 0 aliphatic carbocycles. The number of nitrogens with one attached hydrogen (secondary N) is 2. The Hall–Kier alpha value is -2.77. The number of ether oxygens (including phenoxy) is 2. The Morgan fingerprint density at radius 2 is 2.08 bits per heavy atom. The number of benzene rings is 2. The lowest BCUT2D eigenvalue weighted by Crippen LogP contribution is -2.28. The quantitative estimate of drug-likeness (QED) is 0.561. The van der Waals surface area contributed by atoms with Crippen LogP contribution in [-0.2, 0) is 11.2 Å². The van der Waals surface area contributed by atoms with Gasteiger partial charge in [0, 0.05) is 18.2 Å². The fraction of sp³-hybridized carbons (Fsp3) is 0.316. The third-order valence-electron chi connectivity index (χ3n) is 4.17. The van der Waals surface area contributed by atoms with Gasteiger partial charge < -0.3 is 30.3 Å². The topological polar surface area (TPSA) is 100 Å². The average molecular weight is 358 g/mol. The molecule has 0 saturated carbocycles. The molecular formula is C19H22N2O5. The first-order valence-electron chi connectivity index (χ1n) is 8.38. The molecule has 0 fully saturated rings. The number of anilines is 1. The van der Waals surface area contributed by atoms with Crippen molar-refractivity contribution in [3.05, 3.63) is 47.5 Å². The molecule has 3 rings (SSSR count). The van der Waals surface area contributed by atoms with E-state index in [-0.39, 0.29) is 18.3 Å². The predicted molar refractivity (Wildman–Crippen MR) is 96.8 cm³/mol. The lowest BCUT2D eigenvalue weighted by Gasteiger charge is -2.23. The zero-order chi connectivity index (χ0) is 18.5. The van der Waals surface area contributed by atoms with E-state index in [1.807, 2.05) is 24.3 Å².